The van der Waals surface area contributed by atoms with Crippen LogP contribution < -0.4 is 9.80 Å². The van der Waals surface area contributed by atoms with Crippen LogP contribution in [-0.4, -0.2) is 32.1 Å². The van der Waals surface area contributed by atoms with E-state index >= 15 is 0 Å². The van der Waals surface area contributed by atoms with E-state index in [4.69, 9.17) is 0 Å². The third kappa shape index (κ3) is 4.08. The number of hydrogen-bond donors (Lipinski definition) is 1. The molecule has 2 aliphatic rings. The molecule has 0 saturated carbocycles. The zero-order chi connectivity index (χ0) is 17.8. The Morgan fingerprint density at radius 3 is 2.76 bits per heavy atom. The van der Waals surface area contributed by atoms with Crippen molar-refractivity contribution >= 4 is 11.6 Å². The number of quaternary nitrogens is 1. The molecular formula is C22H35N2O+. The number of likely N-dealkylation sites (N-methyl/N-ethyl adjacent to an activating group) is 1. The Labute approximate surface area is 153 Å². The third-order valence-corrected chi connectivity index (χ3v) is 6.09. The fourth-order valence-corrected chi connectivity index (χ4v) is 4.70. The number of carbonyl (C=O) groups excluding carboxylic acids is 1. The number of nitrogens with one attached hydrogen (secondary N) is 1. The second-order valence-electron chi connectivity index (χ2n) is 8.22. The summed E-state index contributed by atoms with van der Waals surface area (Å²) in [5.74, 6) is 0.879. The Morgan fingerprint density at radius 2 is 1.96 bits per heavy atom. The number of carbonyl (C=O) groups is 1. The van der Waals surface area contributed by atoms with Gasteiger partial charge < -0.3 is 9.80 Å². The van der Waals surface area contributed by atoms with Gasteiger partial charge >= 0.3 is 0 Å². The summed E-state index contributed by atoms with van der Waals surface area (Å²) in [7, 11) is 2.28. The third-order valence-electron chi connectivity index (χ3n) is 6.09. The minimum Gasteiger partial charge on any atom is -0.337 e. The van der Waals surface area contributed by atoms with Crippen LogP contribution in [0.3, 0.4) is 0 Å². The van der Waals surface area contributed by atoms with Gasteiger partial charge in [-0.15, -0.1) is 0 Å². The van der Waals surface area contributed by atoms with Gasteiger partial charge in [0.2, 0.25) is 5.91 Å². The van der Waals surface area contributed by atoms with Crippen molar-refractivity contribution in [1.29, 1.82) is 0 Å². The highest BCUT2D eigenvalue weighted by molar-refractivity contribution is 5.96. The largest absolute Gasteiger partial charge is 0.337 e. The Balaban J connectivity index is 1.67. The number of hydrogen-bond acceptors (Lipinski definition) is 1. The molecular weight excluding hydrogens is 308 g/mol. The number of fused-ring (bicyclic) bond motifs is 3. The average molecular weight is 344 g/mol. The minimum atomic E-state index is 0.354. The summed E-state index contributed by atoms with van der Waals surface area (Å²) in [5.41, 5.74) is 3.93. The highest BCUT2D eigenvalue weighted by atomic mass is 16.2. The first-order chi connectivity index (χ1) is 12.1. The average Bonchev–Trinajstić information content (AvgIpc) is 2.91. The molecule has 1 N–H and O–H groups in total. The Bertz CT molecular complexity index is 598. The molecule has 3 nitrogen and oxygen atoms in total. The number of piperidine rings is 1. The SMILES string of the molecule is CCCCCCCCC(=O)N1c2ccc(C)cc2[C@H]2C[NH+](C)CC[C@H]21. The standard InChI is InChI=1S/C22H34N2O/c1-4-5-6-7-8-9-10-22(25)24-20-12-11-17(2)15-18(20)19-16-23(3)14-13-21(19)24/h11-12,15,19,21H,4-10,13-14,16H2,1-3H3/p+1/t19-,21-/m1/s1. The molecule has 0 aliphatic carbocycles. The number of amides is 1. The van der Waals surface area contributed by atoms with Gasteiger partial charge in [-0.1, -0.05) is 56.7 Å². The predicted octanol–water partition coefficient (Wildman–Crippen LogP) is 3.46. The Kier molecular flexibility index (Phi) is 6.16. The fraction of sp³-hybridized carbons (Fsp3) is 0.682. The van der Waals surface area contributed by atoms with E-state index in [2.05, 4.69) is 44.0 Å². The number of aryl methyl sites for hydroxylation is 1. The molecule has 3 rings (SSSR count). The molecule has 2 heterocycles. The summed E-state index contributed by atoms with van der Waals surface area (Å²) in [5, 5.41) is 0. The van der Waals surface area contributed by atoms with Gasteiger partial charge in [0.1, 0.15) is 0 Å². The Morgan fingerprint density at radius 1 is 1.20 bits per heavy atom. The summed E-state index contributed by atoms with van der Waals surface area (Å²) in [6.07, 6.45) is 9.28. The highest BCUT2D eigenvalue weighted by Crippen LogP contribution is 2.43. The molecule has 0 spiro atoms. The van der Waals surface area contributed by atoms with Gasteiger partial charge in [0.15, 0.2) is 0 Å². The summed E-state index contributed by atoms with van der Waals surface area (Å²) in [6, 6.07) is 7.08. The lowest BCUT2D eigenvalue weighted by atomic mass is 9.89. The molecule has 0 radical (unpaired) electrons. The monoisotopic (exact) mass is 343 g/mol. The van der Waals surface area contributed by atoms with Gasteiger partial charge in [-0.3, -0.25) is 4.79 Å². The van der Waals surface area contributed by atoms with Crippen LogP contribution in [0, 0.1) is 6.92 Å². The van der Waals surface area contributed by atoms with Crippen LogP contribution in [0.25, 0.3) is 0 Å². The van der Waals surface area contributed by atoms with Crippen molar-refractivity contribution in [3.05, 3.63) is 29.3 Å². The van der Waals surface area contributed by atoms with Crippen LogP contribution in [0.5, 0.6) is 0 Å². The molecule has 1 amide bonds. The summed E-state index contributed by atoms with van der Waals surface area (Å²) in [4.78, 5) is 16.8. The molecule has 1 aromatic carbocycles. The molecule has 25 heavy (non-hydrogen) atoms. The lowest BCUT2D eigenvalue weighted by Gasteiger charge is -2.34. The molecule has 1 fully saturated rings. The number of benzene rings is 1. The number of anilines is 1. The molecule has 138 valence electrons. The van der Waals surface area contributed by atoms with Gasteiger partial charge in [-0.25, -0.2) is 0 Å². The molecule has 1 unspecified atom stereocenters. The maximum atomic E-state index is 13.0. The predicted molar refractivity (Wildman–Crippen MR) is 104 cm³/mol. The lowest BCUT2D eigenvalue weighted by Crippen LogP contribution is -3.11. The molecule has 3 heteroatoms. The van der Waals surface area contributed by atoms with Crippen molar-refractivity contribution in [2.75, 3.05) is 25.0 Å². The van der Waals surface area contributed by atoms with Crippen molar-refractivity contribution in [3.8, 4) is 0 Å². The van der Waals surface area contributed by atoms with Crippen LogP contribution in [0.4, 0.5) is 5.69 Å². The normalized spacial score (nSPS) is 24.9. The first-order valence-corrected chi connectivity index (χ1v) is 10.4. The van der Waals surface area contributed by atoms with Gasteiger partial charge in [0.25, 0.3) is 0 Å². The molecule has 0 aromatic heterocycles. The van der Waals surface area contributed by atoms with E-state index in [1.54, 1.807) is 4.90 Å². The maximum absolute atomic E-state index is 13.0. The quantitative estimate of drug-likeness (QED) is 0.754. The molecule has 0 bridgehead atoms. The fourth-order valence-electron chi connectivity index (χ4n) is 4.70. The van der Waals surface area contributed by atoms with Crippen molar-refractivity contribution < 1.29 is 9.69 Å². The first-order valence-electron chi connectivity index (χ1n) is 10.4. The minimum absolute atomic E-state index is 0.354. The second-order valence-corrected chi connectivity index (χ2v) is 8.22. The zero-order valence-corrected chi connectivity index (χ0v) is 16.3. The summed E-state index contributed by atoms with van der Waals surface area (Å²) in [6.45, 7) is 6.74. The van der Waals surface area contributed by atoms with Gasteiger partial charge in [0, 0.05) is 18.5 Å². The van der Waals surface area contributed by atoms with E-state index in [0.29, 0.717) is 24.3 Å². The van der Waals surface area contributed by atoms with Crippen LogP contribution >= 0.6 is 0 Å². The second kappa shape index (κ2) is 8.35. The summed E-state index contributed by atoms with van der Waals surface area (Å²) >= 11 is 0. The van der Waals surface area contributed by atoms with E-state index in [-0.39, 0.29) is 0 Å². The van der Waals surface area contributed by atoms with E-state index in [1.165, 1.54) is 55.5 Å². The maximum Gasteiger partial charge on any atom is 0.227 e. The number of unbranched alkanes of at least 4 members (excludes halogenated alkanes) is 5. The zero-order valence-electron chi connectivity index (χ0n) is 16.3. The van der Waals surface area contributed by atoms with Crippen molar-refractivity contribution in [2.24, 2.45) is 0 Å². The van der Waals surface area contributed by atoms with Gasteiger partial charge in [-0.2, -0.15) is 0 Å². The lowest BCUT2D eigenvalue weighted by molar-refractivity contribution is -0.886. The smallest absolute Gasteiger partial charge is 0.227 e. The topological polar surface area (TPSA) is 24.8 Å². The molecule has 1 aromatic rings. The molecule has 3 atom stereocenters. The van der Waals surface area contributed by atoms with Crippen LogP contribution in [-0.2, 0) is 4.79 Å². The van der Waals surface area contributed by atoms with E-state index in [9.17, 15) is 4.79 Å². The van der Waals surface area contributed by atoms with Crippen LogP contribution in [0.1, 0.15) is 75.3 Å². The van der Waals surface area contributed by atoms with E-state index in [1.807, 2.05) is 0 Å². The van der Waals surface area contributed by atoms with Crippen molar-refractivity contribution in [1.82, 2.24) is 0 Å². The number of rotatable bonds is 7. The first kappa shape index (κ1) is 18.4. The number of likely N-dealkylation sites (tertiary alicyclic amines) is 1. The Hall–Kier alpha value is -1.35. The van der Waals surface area contributed by atoms with Crippen molar-refractivity contribution in [2.45, 2.75) is 77.2 Å². The van der Waals surface area contributed by atoms with Crippen LogP contribution in [0.2, 0.25) is 0 Å². The van der Waals surface area contributed by atoms with Gasteiger partial charge in [-0.05, 0) is 25.0 Å². The van der Waals surface area contributed by atoms with Crippen molar-refractivity contribution in [3.63, 3.8) is 0 Å². The highest BCUT2D eigenvalue weighted by Gasteiger charge is 2.45. The summed E-state index contributed by atoms with van der Waals surface area (Å²) < 4.78 is 0. The van der Waals surface area contributed by atoms with Crippen LogP contribution in [0.15, 0.2) is 18.2 Å². The van der Waals surface area contributed by atoms with E-state index < -0.39 is 0 Å². The molecule has 2 aliphatic heterocycles. The molecule has 1 saturated heterocycles. The van der Waals surface area contributed by atoms with Gasteiger partial charge in [0.05, 0.1) is 32.1 Å². The number of nitrogens with zero attached hydrogens (tertiary/aromatic N) is 1. The van der Waals surface area contributed by atoms with E-state index in [0.717, 1.165) is 19.4 Å².